The van der Waals surface area contributed by atoms with Crippen molar-refractivity contribution < 1.29 is 4.92 Å². The molecule has 0 fully saturated rings. The van der Waals surface area contributed by atoms with Gasteiger partial charge in [0, 0.05) is 23.1 Å². The number of hydrogen-bond donors (Lipinski definition) is 0. The van der Waals surface area contributed by atoms with Crippen LogP contribution in [0.5, 0.6) is 0 Å². The van der Waals surface area contributed by atoms with E-state index in [9.17, 15) is 10.1 Å². The number of nitro groups is 1. The standard InChI is InChI=1S/C26H23N3O2S/c1-18-12-14-21(15-13-18)27-26-28(24-11-5-7-19-6-2-3-10-23(19)24)25(17-32-26)20-8-4-9-22(16-20)29(30)31/h2-4,6,8-10,12-17,24H,5,7,11H2,1H3. The lowest BCUT2D eigenvalue weighted by atomic mass is 9.87. The summed E-state index contributed by atoms with van der Waals surface area (Å²) in [6.07, 6.45) is 3.19. The number of non-ortho nitro benzene ring substituents is 1. The van der Waals surface area contributed by atoms with Gasteiger partial charge in [-0.2, -0.15) is 0 Å². The average molecular weight is 442 g/mol. The summed E-state index contributed by atoms with van der Waals surface area (Å²) in [7, 11) is 0. The largest absolute Gasteiger partial charge is 0.309 e. The summed E-state index contributed by atoms with van der Waals surface area (Å²) in [5.74, 6) is 0. The molecule has 32 heavy (non-hydrogen) atoms. The maximum absolute atomic E-state index is 11.4. The highest BCUT2D eigenvalue weighted by atomic mass is 32.1. The van der Waals surface area contributed by atoms with Crippen molar-refractivity contribution in [2.24, 2.45) is 4.99 Å². The molecule has 0 saturated heterocycles. The number of aromatic nitrogens is 1. The number of rotatable bonds is 4. The van der Waals surface area contributed by atoms with E-state index in [-0.39, 0.29) is 16.7 Å². The van der Waals surface area contributed by atoms with Crippen molar-refractivity contribution in [1.29, 1.82) is 0 Å². The first-order valence-electron chi connectivity index (χ1n) is 10.7. The molecule has 5 nitrogen and oxygen atoms in total. The summed E-state index contributed by atoms with van der Waals surface area (Å²) in [6, 6.07) is 23.8. The van der Waals surface area contributed by atoms with Gasteiger partial charge in [-0.05, 0) is 49.4 Å². The van der Waals surface area contributed by atoms with Gasteiger partial charge in [0.25, 0.3) is 5.69 Å². The first-order chi connectivity index (χ1) is 15.6. The van der Waals surface area contributed by atoms with Crippen molar-refractivity contribution >= 4 is 22.7 Å². The SMILES string of the molecule is Cc1ccc(N=c2scc(-c3cccc([N+](=O)[O-])c3)n2C2CCCc3ccccc32)cc1. The van der Waals surface area contributed by atoms with E-state index in [0.29, 0.717) is 0 Å². The molecule has 0 N–H and O–H groups in total. The van der Waals surface area contributed by atoms with Crippen LogP contribution in [0, 0.1) is 17.0 Å². The van der Waals surface area contributed by atoms with Gasteiger partial charge in [0.15, 0.2) is 4.80 Å². The molecule has 3 aromatic carbocycles. The maximum Gasteiger partial charge on any atom is 0.270 e. The van der Waals surface area contributed by atoms with E-state index in [4.69, 9.17) is 4.99 Å². The van der Waals surface area contributed by atoms with Gasteiger partial charge in [-0.3, -0.25) is 10.1 Å². The Bertz CT molecular complexity index is 1350. The lowest BCUT2D eigenvalue weighted by Gasteiger charge is -2.28. The lowest BCUT2D eigenvalue weighted by Crippen LogP contribution is -2.26. The van der Waals surface area contributed by atoms with Gasteiger partial charge < -0.3 is 4.57 Å². The molecule has 0 spiro atoms. The second-order valence-electron chi connectivity index (χ2n) is 8.14. The third-order valence-corrected chi connectivity index (χ3v) is 6.84. The second kappa shape index (κ2) is 8.55. The molecule has 0 bridgehead atoms. The van der Waals surface area contributed by atoms with Gasteiger partial charge in [0.2, 0.25) is 0 Å². The molecule has 1 unspecified atom stereocenters. The molecule has 1 aromatic heterocycles. The van der Waals surface area contributed by atoms with Crippen molar-refractivity contribution in [3.8, 4) is 11.3 Å². The first-order valence-corrected chi connectivity index (χ1v) is 11.6. The Balaban J connectivity index is 1.73. The molecule has 0 aliphatic heterocycles. The zero-order valence-corrected chi connectivity index (χ0v) is 18.6. The molecule has 0 amide bonds. The predicted molar refractivity (Wildman–Crippen MR) is 128 cm³/mol. The summed E-state index contributed by atoms with van der Waals surface area (Å²) >= 11 is 1.58. The fraction of sp³-hybridized carbons (Fsp3) is 0.192. The Morgan fingerprint density at radius 1 is 1.06 bits per heavy atom. The van der Waals surface area contributed by atoms with Crippen LogP contribution >= 0.6 is 11.3 Å². The topological polar surface area (TPSA) is 60.4 Å². The Kier molecular flexibility index (Phi) is 5.45. The van der Waals surface area contributed by atoms with Gasteiger partial charge in [-0.15, -0.1) is 11.3 Å². The highest BCUT2D eigenvalue weighted by Gasteiger charge is 2.25. The van der Waals surface area contributed by atoms with E-state index in [0.717, 1.165) is 41.0 Å². The van der Waals surface area contributed by atoms with Crippen LogP contribution in [0.1, 0.15) is 35.6 Å². The molecule has 5 rings (SSSR count). The van der Waals surface area contributed by atoms with Crippen LogP contribution < -0.4 is 4.80 Å². The number of nitrogens with zero attached hydrogens (tertiary/aromatic N) is 3. The predicted octanol–water partition coefficient (Wildman–Crippen LogP) is 6.59. The molecule has 6 heteroatoms. The highest BCUT2D eigenvalue weighted by molar-refractivity contribution is 7.07. The minimum absolute atomic E-state index is 0.0984. The van der Waals surface area contributed by atoms with Gasteiger partial charge in [0.05, 0.1) is 22.3 Å². The van der Waals surface area contributed by atoms with Crippen molar-refractivity contribution in [2.45, 2.75) is 32.2 Å². The van der Waals surface area contributed by atoms with Gasteiger partial charge >= 0.3 is 0 Å². The molecule has 4 aromatic rings. The molecule has 1 aliphatic carbocycles. The van der Waals surface area contributed by atoms with E-state index in [1.165, 1.54) is 22.8 Å². The first kappa shape index (κ1) is 20.4. The number of thiazole rings is 1. The van der Waals surface area contributed by atoms with E-state index in [1.807, 2.05) is 18.2 Å². The van der Waals surface area contributed by atoms with Crippen LogP contribution in [-0.4, -0.2) is 9.49 Å². The quantitative estimate of drug-likeness (QED) is 0.265. The summed E-state index contributed by atoms with van der Waals surface area (Å²) in [4.78, 5) is 16.9. The summed E-state index contributed by atoms with van der Waals surface area (Å²) < 4.78 is 2.28. The maximum atomic E-state index is 11.4. The second-order valence-corrected chi connectivity index (χ2v) is 8.97. The van der Waals surface area contributed by atoms with E-state index in [1.54, 1.807) is 23.5 Å². The van der Waals surface area contributed by atoms with Crippen LogP contribution in [0.15, 0.2) is 83.2 Å². The van der Waals surface area contributed by atoms with E-state index >= 15 is 0 Å². The van der Waals surface area contributed by atoms with Crippen LogP contribution in [-0.2, 0) is 6.42 Å². The molecule has 160 valence electrons. The normalized spacial score (nSPS) is 16.0. The minimum Gasteiger partial charge on any atom is -0.309 e. The molecular weight excluding hydrogens is 418 g/mol. The van der Waals surface area contributed by atoms with E-state index in [2.05, 4.69) is 53.3 Å². The van der Waals surface area contributed by atoms with E-state index < -0.39 is 0 Å². The van der Waals surface area contributed by atoms with Gasteiger partial charge in [-0.1, -0.05) is 54.1 Å². The van der Waals surface area contributed by atoms with Crippen LogP contribution in [0.25, 0.3) is 11.3 Å². The van der Waals surface area contributed by atoms with Crippen molar-refractivity contribution in [3.05, 3.63) is 110 Å². The molecule has 1 atom stereocenters. The molecular formula is C26H23N3O2S. The number of fused-ring (bicyclic) bond motifs is 1. The fourth-order valence-electron chi connectivity index (χ4n) is 4.42. The third-order valence-electron chi connectivity index (χ3n) is 6.00. The smallest absolute Gasteiger partial charge is 0.270 e. The highest BCUT2D eigenvalue weighted by Crippen LogP contribution is 2.36. The fourth-order valence-corrected chi connectivity index (χ4v) is 5.38. The zero-order chi connectivity index (χ0) is 22.1. The molecule has 1 heterocycles. The number of nitro benzene ring substituents is 1. The number of hydrogen-bond acceptors (Lipinski definition) is 4. The summed E-state index contributed by atoms with van der Waals surface area (Å²) in [5, 5.41) is 13.5. The number of aryl methyl sites for hydroxylation is 2. The summed E-state index contributed by atoms with van der Waals surface area (Å²) in [5.41, 5.74) is 6.68. The van der Waals surface area contributed by atoms with Crippen LogP contribution in [0.4, 0.5) is 11.4 Å². The zero-order valence-electron chi connectivity index (χ0n) is 17.8. The molecule has 1 aliphatic rings. The van der Waals surface area contributed by atoms with Crippen LogP contribution in [0.2, 0.25) is 0 Å². The number of benzene rings is 3. The van der Waals surface area contributed by atoms with Crippen molar-refractivity contribution in [1.82, 2.24) is 4.57 Å². The lowest BCUT2D eigenvalue weighted by molar-refractivity contribution is -0.384. The molecule has 0 radical (unpaired) electrons. The average Bonchev–Trinajstić information content (AvgIpc) is 3.23. The molecule has 0 saturated carbocycles. The Labute approximate surface area is 190 Å². The van der Waals surface area contributed by atoms with Gasteiger partial charge in [0.1, 0.15) is 0 Å². The summed E-state index contributed by atoms with van der Waals surface area (Å²) in [6.45, 7) is 2.06. The van der Waals surface area contributed by atoms with Gasteiger partial charge in [-0.25, -0.2) is 4.99 Å². The monoisotopic (exact) mass is 441 g/mol. The van der Waals surface area contributed by atoms with Crippen molar-refractivity contribution in [3.63, 3.8) is 0 Å². The third kappa shape index (κ3) is 3.89. The minimum atomic E-state index is -0.340. The van der Waals surface area contributed by atoms with Crippen LogP contribution in [0.3, 0.4) is 0 Å². The Morgan fingerprint density at radius 3 is 2.69 bits per heavy atom. The Morgan fingerprint density at radius 2 is 1.88 bits per heavy atom. The Hall–Kier alpha value is -3.51. The van der Waals surface area contributed by atoms with Crippen molar-refractivity contribution in [2.75, 3.05) is 0 Å².